The number of carbonyl (C=O) groups excluding carboxylic acids is 2. The van der Waals surface area contributed by atoms with E-state index in [0.29, 0.717) is 45.6 Å². The highest BCUT2D eigenvalue weighted by molar-refractivity contribution is 5.77. The minimum absolute atomic E-state index is 0.0246. The van der Waals surface area contributed by atoms with Crippen molar-refractivity contribution < 1.29 is 24.2 Å². The fourth-order valence-electron chi connectivity index (χ4n) is 2.88. The Labute approximate surface area is 150 Å². The van der Waals surface area contributed by atoms with E-state index < -0.39 is 6.10 Å². The summed E-state index contributed by atoms with van der Waals surface area (Å²) >= 11 is 0. The van der Waals surface area contributed by atoms with Gasteiger partial charge in [-0.05, 0) is 19.3 Å². The van der Waals surface area contributed by atoms with Gasteiger partial charge in [-0.25, -0.2) is 0 Å². The first-order chi connectivity index (χ1) is 12.1. The molecule has 1 aliphatic rings. The molecule has 0 radical (unpaired) electrons. The van der Waals surface area contributed by atoms with E-state index in [0.717, 1.165) is 19.3 Å². The van der Waals surface area contributed by atoms with Gasteiger partial charge in [-0.1, -0.05) is 12.3 Å². The van der Waals surface area contributed by atoms with Crippen LogP contribution < -0.4 is 5.32 Å². The van der Waals surface area contributed by atoms with Crippen molar-refractivity contribution in [3.05, 3.63) is 0 Å². The summed E-state index contributed by atoms with van der Waals surface area (Å²) in [5.74, 6) is 2.35. The zero-order valence-electron chi connectivity index (χ0n) is 15.0. The van der Waals surface area contributed by atoms with Crippen LogP contribution in [-0.2, 0) is 19.1 Å². The Hall–Kier alpha value is -1.62. The molecule has 1 aliphatic heterocycles. The molecule has 7 nitrogen and oxygen atoms in total. The monoisotopic (exact) mass is 354 g/mol. The quantitative estimate of drug-likeness (QED) is 0.389. The number of likely N-dealkylation sites (tertiary alicyclic amines) is 1. The smallest absolute Gasteiger partial charge is 0.222 e. The predicted molar refractivity (Wildman–Crippen MR) is 93.7 cm³/mol. The van der Waals surface area contributed by atoms with Crippen molar-refractivity contribution >= 4 is 11.8 Å². The molecule has 0 unspecified atom stereocenters. The first-order valence-electron chi connectivity index (χ1n) is 8.82. The number of nitrogens with one attached hydrogen (secondary N) is 1. The summed E-state index contributed by atoms with van der Waals surface area (Å²) < 4.78 is 10.2. The second-order valence-corrected chi connectivity index (χ2v) is 6.21. The number of unbranched alkanes of at least 4 members (excludes halogenated alkanes) is 2. The van der Waals surface area contributed by atoms with E-state index in [2.05, 4.69) is 11.2 Å². The third-order valence-electron chi connectivity index (χ3n) is 4.12. The molecule has 2 N–H and O–H groups in total. The molecule has 0 aromatic rings. The van der Waals surface area contributed by atoms with Crippen molar-refractivity contribution in [1.29, 1.82) is 0 Å². The zero-order valence-corrected chi connectivity index (χ0v) is 15.0. The second kappa shape index (κ2) is 12.7. The summed E-state index contributed by atoms with van der Waals surface area (Å²) in [5, 5.41) is 12.5. The number of nitrogens with zero attached hydrogens (tertiary/aromatic N) is 1. The number of rotatable bonds is 12. The number of carbonyl (C=O) groups is 2. The Kier molecular flexibility index (Phi) is 10.9. The Morgan fingerprint density at radius 2 is 2.12 bits per heavy atom. The first-order valence-corrected chi connectivity index (χ1v) is 8.82. The highest BCUT2D eigenvalue weighted by Gasteiger charge is 2.33. The average Bonchev–Trinajstić information content (AvgIpc) is 2.95. The molecule has 1 rings (SSSR count). The van der Waals surface area contributed by atoms with Crippen molar-refractivity contribution in [2.24, 2.45) is 0 Å². The molecule has 0 aromatic carbocycles. The lowest BCUT2D eigenvalue weighted by Crippen LogP contribution is -2.38. The van der Waals surface area contributed by atoms with Gasteiger partial charge < -0.3 is 24.8 Å². The number of hydrogen-bond donors (Lipinski definition) is 2. The number of aliphatic hydroxyl groups excluding tert-OH is 1. The number of β-amino-alcohol motifs (C(OH)–C–C–N with tert-alkyl or cyclic N) is 1. The third-order valence-corrected chi connectivity index (χ3v) is 4.12. The summed E-state index contributed by atoms with van der Waals surface area (Å²) in [6.45, 7) is 2.00. The van der Waals surface area contributed by atoms with Crippen LogP contribution in [0, 0.1) is 12.3 Å². The van der Waals surface area contributed by atoms with Gasteiger partial charge in [-0.3, -0.25) is 9.59 Å². The maximum absolute atomic E-state index is 12.3. The van der Waals surface area contributed by atoms with E-state index in [1.54, 1.807) is 12.0 Å². The molecule has 1 saturated heterocycles. The highest BCUT2D eigenvalue weighted by Crippen LogP contribution is 2.20. The number of amides is 2. The second-order valence-electron chi connectivity index (χ2n) is 6.21. The number of hydrogen-bond acceptors (Lipinski definition) is 5. The van der Waals surface area contributed by atoms with E-state index in [4.69, 9.17) is 15.9 Å². The van der Waals surface area contributed by atoms with Crippen LogP contribution in [0.15, 0.2) is 0 Å². The van der Waals surface area contributed by atoms with Gasteiger partial charge in [0.05, 0.1) is 31.8 Å². The maximum atomic E-state index is 12.3. The van der Waals surface area contributed by atoms with Crippen LogP contribution in [0.1, 0.15) is 38.5 Å². The van der Waals surface area contributed by atoms with Gasteiger partial charge in [0.15, 0.2) is 0 Å². The lowest BCUT2D eigenvalue weighted by Gasteiger charge is -2.23. The number of ether oxygens (including phenoxy) is 2. The van der Waals surface area contributed by atoms with Crippen LogP contribution in [0.3, 0.4) is 0 Å². The molecule has 0 spiro atoms. The summed E-state index contributed by atoms with van der Waals surface area (Å²) in [4.78, 5) is 25.5. The Morgan fingerprint density at radius 3 is 2.84 bits per heavy atom. The summed E-state index contributed by atoms with van der Waals surface area (Å²) in [6.07, 6.45) is 8.39. The molecule has 142 valence electrons. The Bertz CT molecular complexity index is 449. The van der Waals surface area contributed by atoms with Gasteiger partial charge in [0.1, 0.15) is 6.61 Å². The van der Waals surface area contributed by atoms with Gasteiger partial charge in [0.25, 0.3) is 0 Å². The highest BCUT2D eigenvalue weighted by atomic mass is 16.5. The largest absolute Gasteiger partial charge is 0.391 e. The fourth-order valence-corrected chi connectivity index (χ4v) is 2.88. The van der Waals surface area contributed by atoms with E-state index in [1.165, 1.54) is 0 Å². The molecule has 0 aliphatic carbocycles. The van der Waals surface area contributed by atoms with Crippen LogP contribution >= 0.6 is 0 Å². The van der Waals surface area contributed by atoms with Crippen molar-refractivity contribution in [3.8, 4) is 12.3 Å². The molecule has 1 heterocycles. The first kappa shape index (κ1) is 21.4. The fraction of sp³-hybridized carbons (Fsp3) is 0.778. The van der Waals surface area contributed by atoms with Gasteiger partial charge >= 0.3 is 0 Å². The van der Waals surface area contributed by atoms with Gasteiger partial charge in [0.2, 0.25) is 11.8 Å². The minimum Gasteiger partial charge on any atom is -0.391 e. The Balaban J connectivity index is 2.06. The molecule has 1 fully saturated rings. The van der Waals surface area contributed by atoms with Crippen LogP contribution in [-0.4, -0.2) is 74.0 Å². The number of terminal acetylenes is 1. The van der Waals surface area contributed by atoms with E-state index >= 15 is 0 Å². The molecule has 0 saturated carbocycles. The average molecular weight is 354 g/mol. The van der Waals surface area contributed by atoms with E-state index in [9.17, 15) is 14.7 Å². The molecule has 0 bridgehead atoms. The number of methoxy groups -OCH3 is 1. The lowest BCUT2D eigenvalue weighted by molar-refractivity contribution is -0.133. The van der Waals surface area contributed by atoms with Crippen molar-refractivity contribution in [1.82, 2.24) is 10.2 Å². The lowest BCUT2D eigenvalue weighted by atomic mass is 10.1. The van der Waals surface area contributed by atoms with Crippen LogP contribution in [0.4, 0.5) is 0 Å². The molecule has 25 heavy (non-hydrogen) atoms. The van der Waals surface area contributed by atoms with Gasteiger partial charge in [-0.2, -0.15) is 0 Å². The summed E-state index contributed by atoms with van der Waals surface area (Å²) in [5.41, 5.74) is 0. The van der Waals surface area contributed by atoms with Crippen LogP contribution in [0.5, 0.6) is 0 Å². The van der Waals surface area contributed by atoms with Crippen molar-refractivity contribution in [3.63, 3.8) is 0 Å². The molecular formula is C18H30N2O5. The maximum Gasteiger partial charge on any atom is 0.222 e. The molecule has 2 atom stereocenters. The van der Waals surface area contributed by atoms with Crippen LogP contribution in [0.2, 0.25) is 0 Å². The van der Waals surface area contributed by atoms with E-state index in [1.807, 2.05) is 0 Å². The summed E-state index contributed by atoms with van der Waals surface area (Å²) in [7, 11) is 1.60. The SMILES string of the molecule is C#CCOCCC(=O)NCCCCCC(=O)N1C[C@H](O)C[C@H]1COC. The molecule has 7 heteroatoms. The zero-order chi connectivity index (χ0) is 18.5. The molecule has 0 aromatic heterocycles. The van der Waals surface area contributed by atoms with Gasteiger partial charge in [-0.15, -0.1) is 6.42 Å². The van der Waals surface area contributed by atoms with Crippen LogP contribution in [0.25, 0.3) is 0 Å². The normalized spacial score (nSPS) is 19.6. The molecular weight excluding hydrogens is 324 g/mol. The van der Waals surface area contributed by atoms with Crippen molar-refractivity contribution in [2.75, 3.05) is 40.0 Å². The number of aliphatic hydroxyl groups is 1. The predicted octanol–water partition coefficient (Wildman–Crippen LogP) is 0.311. The third kappa shape index (κ3) is 8.87. The van der Waals surface area contributed by atoms with Gasteiger partial charge in [0, 0.05) is 26.6 Å². The van der Waals surface area contributed by atoms with Crippen molar-refractivity contribution in [2.45, 2.75) is 50.7 Å². The molecule has 2 amide bonds. The standard InChI is InChI=1S/C18H30N2O5/c1-3-10-25-11-8-17(22)19-9-6-4-5-7-18(23)20-13-16(21)12-15(20)14-24-2/h1,15-16,21H,4-14H2,2H3,(H,19,22)/t15-,16+/m0/s1. The Morgan fingerprint density at radius 1 is 1.32 bits per heavy atom. The summed E-state index contributed by atoms with van der Waals surface area (Å²) in [6, 6.07) is -0.0246. The van der Waals surface area contributed by atoms with E-state index in [-0.39, 0.29) is 24.5 Å². The topological polar surface area (TPSA) is 88.1 Å². The minimum atomic E-state index is -0.455.